The van der Waals surface area contributed by atoms with Gasteiger partial charge in [-0.15, -0.1) is 0 Å². The van der Waals surface area contributed by atoms with Gasteiger partial charge in [-0.2, -0.15) is 5.90 Å². The highest BCUT2D eigenvalue weighted by molar-refractivity contribution is 6.25. The van der Waals surface area contributed by atoms with Gasteiger partial charge in [0.2, 0.25) is 5.78 Å². The van der Waals surface area contributed by atoms with Crippen molar-refractivity contribution in [3.8, 4) is 0 Å². The predicted octanol–water partition coefficient (Wildman–Crippen LogP) is 1.66. The van der Waals surface area contributed by atoms with Crippen LogP contribution in [0.15, 0.2) is 87.7 Å². The lowest BCUT2D eigenvalue weighted by Gasteiger charge is -2.51. The monoisotopic (exact) mass is 658 g/mol. The lowest BCUT2D eigenvalue weighted by molar-refractivity contribution is -0.151. The zero-order valence-corrected chi connectivity index (χ0v) is 26.9. The molecule has 14 nitrogen and oxygen atoms in total. The summed E-state index contributed by atoms with van der Waals surface area (Å²) in [7, 11) is 6.77. The van der Waals surface area contributed by atoms with Crippen molar-refractivity contribution >= 4 is 40.0 Å². The third kappa shape index (κ3) is 4.83. The number of ketones is 2. The van der Waals surface area contributed by atoms with E-state index in [2.05, 4.69) is 10.6 Å². The first-order valence-corrected chi connectivity index (χ1v) is 15.4. The number of hydrogen-bond donors (Lipinski definition) is 7. The molecule has 2 aromatic rings. The van der Waals surface area contributed by atoms with Gasteiger partial charge in [0.05, 0.1) is 23.3 Å². The van der Waals surface area contributed by atoms with Crippen LogP contribution in [0.25, 0.3) is 10.8 Å². The number of benzene rings is 2. The molecule has 0 heterocycles. The highest BCUT2D eigenvalue weighted by Gasteiger charge is 2.64. The van der Waals surface area contributed by atoms with Crippen LogP contribution >= 0.6 is 0 Å². The van der Waals surface area contributed by atoms with E-state index in [-0.39, 0.29) is 30.4 Å². The first kappa shape index (κ1) is 32.7. The van der Waals surface area contributed by atoms with E-state index in [1.54, 1.807) is 39.2 Å². The third-order valence-corrected chi connectivity index (χ3v) is 9.92. The van der Waals surface area contributed by atoms with Crippen LogP contribution in [0, 0.1) is 11.8 Å². The number of nitrogens with zero attached hydrogens (tertiary/aromatic N) is 2. The van der Waals surface area contributed by atoms with Gasteiger partial charge in [-0.1, -0.05) is 36.4 Å². The van der Waals surface area contributed by atoms with Crippen molar-refractivity contribution in [3.05, 3.63) is 87.7 Å². The zero-order chi connectivity index (χ0) is 34.8. The molecule has 6 rings (SSSR count). The van der Waals surface area contributed by atoms with E-state index >= 15 is 0 Å². The van der Waals surface area contributed by atoms with Crippen molar-refractivity contribution in [2.75, 3.05) is 33.5 Å². The average Bonchev–Trinajstić information content (AvgIpc) is 3.02. The second-order valence-corrected chi connectivity index (χ2v) is 13.0. The van der Waals surface area contributed by atoms with E-state index < -0.39 is 75.9 Å². The molecule has 0 bridgehead atoms. The number of fused-ring (bicyclic) bond motifs is 4. The summed E-state index contributed by atoms with van der Waals surface area (Å²) in [6.07, 6.45) is 0.365. The van der Waals surface area contributed by atoms with Crippen molar-refractivity contribution in [2.24, 2.45) is 23.5 Å². The quantitative estimate of drug-likeness (QED) is 0.175. The second-order valence-electron chi connectivity index (χ2n) is 13.0. The number of anilines is 1. The highest BCUT2D eigenvalue weighted by Crippen LogP contribution is 2.55. The summed E-state index contributed by atoms with van der Waals surface area (Å²) in [5.41, 5.74) is 3.54. The standard InChI is InChI=1S/C34H38N6O8/c1-39(2)22-14-21(38-33(46)37-20-11-7-9-15-8-5-6-10-17(15)20)27(41)24-18(22)12-16-13-19-26(40(3)4)29(43)25(32(35)45)30(44)34(19,47)31(48-36)23(16)28(24)42/h5-11,16,19,21,26,41,43,47H,12-14,36H2,1-4H3,(H2,35,45)(H2,37,38,46)/t16-,19-,21?,26-,34+/m0/s1. The number of aliphatic hydroxyl groups excluding tert-OH is 2. The molecule has 0 aliphatic heterocycles. The fourth-order valence-electron chi connectivity index (χ4n) is 7.86. The Morgan fingerprint density at radius 3 is 2.33 bits per heavy atom. The molecular weight excluding hydrogens is 620 g/mol. The van der Waals surface area contributed by atoms with Crippen molar-refractivity contribution in [1.29, 1.82) is 0 Å². The number of rotatable bonds is 6. The maximum Gasteiger partial charge on any atom is 0.319 e. The summed E-state index contributed by atoms with van der Waals surface area (Å²) >= 11 is 0. The zero-order valence-electron chi connectivity index (χ0n) is 26.9. The molecule has 4 aliphatic carbocycles. The largest absolute Gasteiger partial charge is 0.510 e. The van der Waals surface area contributed by atoms with Gasteiger partial charge in [0, 0.05) is 43.1 Å². The molecule has 14 heteroatoms. The van der Waals surface area contributed by atoms with Crippen molar-refractivity contribution < 1.29 is 39.3 Å². The number of likely N-dealkylation sites (N-methyl/N-ethyl adjacent to an activating group) is 1. The van der Waals surface area contributed by atoms with E-state index in [4.69, 9.17) is 16.5 Å². The molecule has 0 saturated heterocycles. The Morgan fingerprint density at radius 1 is 1.00 bits per heavy atom. The smallest absolute Gasteiger partial charge is 0.319 e. The van der Waals surface area contributed by atoms with E-state index in [1.165, 1.54) is 4.90 Å². The van der Waals surface area contributed by atoms with Gasteiger partial charge in [0.1, 0.15) is 17.1 Å². The van der Waals surface area contributed by atoms with Crippen LogP contribution in [0.1, 0.15) is 19.3 Å². The van der Waals surface area contributed by atoms with Crippen LogP contribution in [0.3, 0.4) is 0 Å². The summed E-state index contributed by atoms with van der Waals surface area (Å²) in [5, 5.41) is 42.1. The van der Waals surface area contributed by atoms with Crippen LogP contribution in [0.2, 0.25) is 0 Å². The Labute approximate surface area is 275 Å². The average molecular weight is 659 g/mol. The van der Waals surface area contributed by atoms with Gasteiger partial charge in [-0.25, -0.2) is 4.79 Å². The van der Waals surface area contributed by atoms with Gasteiger partial charge in [-0.3, -0.25) is 19.3 Å². The topological polar surface area (TPSA) is 221 Å². The summed E-state index contributed by atoms with van der Waals surface area (Å²) in [5.74, 6) is -0.862. The number of Topliss-reactive ketones (excluding diaryl/α,β-unsaturated/α-hetero) is 2. The van der Waals surface area contributed by atoms with Crippen LogP contribution in [-0.2, 0) is 19.2 Å². The Kier molecular flexibility index (Phi) is 8.06. The predicted molar refractivity (Wildman–Crippen MR) is 175 cm³/mol. The summed E-state index contributed by atoms with van der Waals surface area (Å²) in [6.45, 7) is 0. The normalized spacial score (nSPS) is 27.1. The molecule has 2 aromatic carbocycles. The van der Waals surface area contributed by atoms with E-state index in [0.717, 1.165) is 10.8 Å². The van der Waals surface area contributed by atoms with Crippen LogP contribution in [0.5, 0.6) is 0 Å². The lowest BCUT2D eigenvalue weighted by Crippen LogP contribution is -2.64. The fraction of sp³-hybridized carbons (Fsp3) is 0.353. The maximum atomic E-state index is 14.5. The Balaban J connectivity index is 1.42. The SMILES string of the molecule is CN(C)C1=C2C[C@H]3C[C@H]4[C@H](N(C)C)C(O)=C(C(N)=O)C(=O)[C@@]4(O)C(ON)=C3C(=O)C2=C(O)C(NC(=O)Nc2cccc3ccccc23)C1. The summed E-state index contributed by atoms with van der Waals surface area (Å²) in [6, 6.07) is 10.3. The molecular formula is C34H38N6O8. The number of nitrogens with two attached hydrogens (primary N) is 2. The molecule has 9 N–H and O–H groups in total. The minimum Gasteiger partial charge on any atom is -0.510 e. The molecule has 4 aliphatic rings. The first-order chi connectivity index (χ1) is 22.7. The molecule has 48 heavy (non-hydrogen) atoms. The number of primary amides is 1. The molecule has 5 atom stereocenters. The van der Waals surface area contributed by atoms with Gasteiger partial charge >= 0.3 is 6.03 Å². The molecule has 3 amide bonds. The number of carbonyl (C=O) groups is 4. The number of amides is 3. The van der Waals surface area contributed by atoms with Crippen molar-refractivity contribution in [3.63, 3.8) is 0 Å². The Bertz CT molecular complexity index is 1900. The fourth-order valence-corrected chi connectivity index (χ4v) is 7.86. The van der Waals surface area contributed by atoms with Crippen LogP contribution in [0.4, 0.5) is 10.5 Å². The molecule has 0 radical (unpaired) electrons. The number of carbonyl (C=O) groups excluding carboxylic acids is 4. The van der Waals surface area contributed by atoms with Gasteiger partial charge in [0.15, 0.2) is 17.1 Å². The number of nitrogens with one attached hydrogen (secondary N) is 2. The third-order valence-electron chi connectivity index (χ3n) is 9.92. The molecule has 0 aromatic heterocycles. The minimum absolute atomic E-state index is 0.0164. The maximum absolute atomic E-state index is 14.5. The summed E-state index contributed by atoms with van der Waals surface area (Å²) < 4.78 is 0. The van der Waals surface area contributed by atoms with E-state index in [1.807, 2.05) is 36.4 Å². The number of aliphatic hydroxyl groups is 3. The van der Waals surface area contributed by atoms with E-state index in [0.29, 0.717) is 17.0 Å². The highest BCUT2D eigenvalue weighted by atomic mass is 16.6. The minimum atomic E-state index is -2.63. The summed E-state index contributed by atoms with van der Waals surface area (Å²) in [4.78, 5) is 62.3. The van der Waals surface area contributed by atoms with Crippen LogP contribution in [-0.4, -0.2) is 94.5 Å². The molecule has 1 saturated carbocycles. The van der Waals surface area contributed by atoms with Crippen molar-refractivity contribution in [2.45, 2.75) is 36.9 Å². The first-order valence-electron chi connectivity index (χ1n) is 15.4. The second kappa shape index (κ2) is 11.8. The number of urea groups is 1. The molecule has 1 unspecified atom stereocenters. The lowest BCUT2D eigenvalue weighted by atomic mass is 9.57. The van der Waals surface area contributed by atoms with E-state index in [9.17, 15) is 34.5 Å². The number of hydrogen-bond acceptors (Lipinski definition) is 11. The van der Waals surface area contributed by atoms with Gasteiger partial charge < -0.3 is 41.4 Å². The Hall–Kier alpha value is -5.18. The molecule has 252 valence electrons. The van der Waals surface area contributed by atoms with Crippen molar-refractivity contribution in [1.82, 2.24) is 15.1 Å². The van der Waals surface area contributed by atoms with Gasteiger partial charge in [-0.05, 0) is 49.9 Å². The molecule has 1 fully saturated rings. The number of allylic oxidation sites excluding steroid dienone is 3. The van der Waals surface area contributed by atoms with Gasteiger partial charge in [0.25, 0.3) is 5.91 Å². The van der Waals surface area contributed by atoms with Crippen LogP contribution < -0.4 is 22.3 Å². The Morgan fingerprint density at radius 2 is 1.69 bits per heavy atom. The molecule has 0 spiro atoms.